The summed E-state index contributed by atoms with van der Waals surface area (Å²) >= 11 is 0. The van der Waals surface area contributed by atoms with E-state index in [2.05, 4.69) is 0 Å². The second kappa shape index (κ2) is 4.89. The van der Waals surface area contributed by atoms with Crippen molar-refractivity contribution in [3.8, 4) is 17.5 Å². The highest BCUT2D eigenvalue weighted by molar-refractivity contribution is 5.70. The van der Waals surface area contributed by atoms with Crippen molar-refractivity contribution in [1.82, 2.24) is 4.57 Å². The zero-order valence-electron chi connectivity index (χ0n) is 10.2. The molecule has 0 amide bonds. The van der Waals surface area contributed by atoms with Crippen molar-refractivity contribution in [2.45, 2.75) is 44.8 Å². The molecule has 3 N–H and O–H groups in total. The summed E-state index contributed by atoms with van der Waals surface area (Å²) in [7, 11) is 0. The standard InChI is InChI=1S/C12H17NO5/c1-7(14)18-10-6-11(16)13(12(10)17)8-4-2-3-5-9(8)15/h6,8-9,15-17H,2-5H2,1H3/t8-,9+/m1/s1. The number of aliphatic hydroxyl groups excluding tert-OH is 1. The van der Waals surface area contributed by atoms with Crippen molar-refractivity contribution >= 4 is 5.97 Å². The van der Waals surface area contributed by atoms with Gasteiger partial charge in [0.1, 0.15) is 0 Å². The average Bonchev–Trinajstić information content (AvgIpc) is 2.55. The fourth-order valence-corrected chi connectivity index (χ4v) is 2.43. The average molecular weight is 255 g/mol. The van der Waals surface area contributed by atoms with Crippen molar-refractivity contribution in [3.63, 3.8) is 0 Å². The third-order valence-electron chi connectivity index (χ3n) is 3.23. The topological polar surface area (TPSA) is 91.9 Å². The molecule has 1 aliphatic carbocycles. The lowest BCUT2D eigenvalue weighted by Gasteiger charge is -2.29. The van der Waals surface area contributed by atoms with Gasteiger partial charge in [0.05, 0.1) is 12.1 Å². The van der Waals surface area contributed by atoms with Crippen molar-refractivity contribution in [2.24, 2.45) is 0 Å². The number of rotatable bonds is 2. The molecule has 0 unspecified atom stereocenters. The van der Waals surface area contributed by atoms with Gasteiger partial charge in [-0.25, -0.2) is 0 Å². The largest absolute Gasteiger partial charge is 0.494 e. The van der Waals surface area contributed by atoms with Gasteiger partial charge in [0.25, 0.3) is 0 Å². The summed E-state index contributed by atoms with van der Waals surface area (Å²) in [5, 5.41) is 29.7. The highest BCUT2D eigenvalue weighted by Gasteiger charge is 2.30. The number of aliphatic hydroxyl groups is 1. The molecule has 1 fully saturated rings. The fourth-order valence-electron chi connectivity index (χ4n) is 2.43. The number of aromatic nitrogens is 1. The van der Waals surface area contributed by atoms with E-state index >= 15 is 0 Å². The Morgan fingerprint density at radius 3 is 2.67 bits per heavy atom. The van der Waals surface area contributed by atoms with Crippen LogP contribution in [0.1, 0.15) is 38.6 Å². The molecule has 1 aliphatic rings. The number of hydrogen-bond donors (Lipinski definition) is 3. The Kier molecular flexibility index (Phi) is 3.47. The molecule has 18 heavy (non-hydrogen) atoms. The summed E-state index contributed by atoms with van der Waals surface area (Å²) in [6.45, 7) is 1.21. The highest BCUT2D eigenvalue weighted by atomic mass is 16.5. The van der Waals surface area contributed by atoms with Crippen molar-refractivity contribution in [1.29, 1.82) is 0 Å². The summed E-state index contributed by atoms with van der Waals surface area (Å²) in [6, 6.07) is 0.793. The molecule has 1 saturated carbocycles. The minimum Gasteiger partial charge on any atom is -0.494 e. The Balaban J connectivity index is 2.32. The lowest BCUT2D eigenvalue weighted by molar-refractivity contribution is -0.132. The van der Waals surface area contributed by atoms with Gasteiger partial charge < -0.3 is 20.1 Å². The molecular formula is C12H17NO5. The number of hydrogen-bond acceptors (Lipinski definition) is 5. The van der Waals surface area contributed by atoms with E-state index in [0.29, 0.717) is 12.8 Å². The van der Waals surface area contributed by atoms with Crippen LogP contribution in [0.25, 0.3) is 0 Å². The quantitative estimate of drug-likeness (QED) is 0.693. The number of nitrogens with zero attached hydrogens (tertiary/aromatic N) is 1. The Bertz CT molecular complexity index is 454. The molecule has 6 heteroatoms. The monoisotopic (exact) mass is 255 g/mol. The zero-order chi connectivity index (χ0) is 13.3. The van der Waals surface area contributed by atoms with Gasteiger partial charge in [-0.3, -0.25) is 9.36 Å². The Hall–Kier alpha value is -1.69. The van der Waals surface area contributed by atoms with Gasteiger partial charge in [0, 0.05) is 13.0 Å². The van der Waals surface area contributed by atoms with Gasteiger partial charge in [-0.15, -0.1) is 0 Å². The third-order valence-corrected chi connectivity index (χ3v) is 3.23. The first-order valence-corrected chi connectivity index (χ1v) is 6.00. The molecule has 1 heterocycles. The molecule has 2 atom stereocenters. The molecule has 1 aromatic heterocycles. The van der Waals surface area contributed by atoms with Gasteiger partial charge in [0.15, 0.2) is 11.6 Å². The Morgan fingerprint density at radius 2 is 2.06 bits per heavy atom. The van der Waals surface area contributed by atoms with E-state index in [4.69, 9.17) is 4.74 Å². The third kappa shape index (κ3) is 2.28. The summed E-state index contributed by atoms with van der Waals surface area (Å²) in [6.07, 6.45) is 2.52. The van der Waals surface area contributed by atoms with Crippen LogP contribution in [-0.4, -0.2) is 32.0 Å². The van der Waals surface area contributed by atoms with Crippen LogP contribution in [0.4, 0.5) is 0 Å². The summed E-state index contributed by atoms with van der Waals surface area (Å²) in [5.41, 5.74) is 0. The first-order valence-electron chi connectivity index (χ1n) is 6.00. The van der Waals surface area contributed by atoms with Crippen LogP contribution < -0.4 is 4.74 Å². The van der Waals surface area contributed by atoms with Crippen LogP contribution in [0, 0.1) is 0 Å². The molecule has 0 aromatic carbocycles. The maximum Gasteiger partial charge on any atom is 0.308 e. The van der Waals surface area contributed by atoms with Crippen LogP contribution in [0.2, 0.25) is 0 Å². The lowest BCUT2D eigenvalue weighted by Crippen LogP contribution is -2.27. The zero-order valence-corrected chi connectivity index (χ0v) is 10.2. The summed E-state index contributed by atoms with van der Waals surface area (Å²) in [4.78, 5) is 10.9. The van der Waals surface area contributed by atoms with E-state index in [0.717, 1.165) is 12.8 Å². The van der Waals surface area contributed by atoms with Crippen LogP contribution in [0.5, 0.6) is 17.5 Å². The predicted octanol–water partition coefficient (Wildman–Crippen LogP) is 1.30. The van der Waals surface area contributed by atoms with Gasteiger partial charge in [-0.05, 0) is 12.8 Å². The molecule has 2 rings (SSSR count). The normalized spacial score (nSPS) is 23.9. The number of ether oxygens (including phenoxy) is 1. The molecule has 6 nitrogen and oxygen atoms in total. The summed E-state index contributed by atoms with van der Waals surface area (Å²) < 4.78 is 6.01. The number of carbonyl (C=O) groups is 1. The minimum atomic E-state index is -0.617. The van der Waals surface area contributed by atoms with Crippen LogP contribution in [-0.2, 0) is 4.79 Å². The molecule has 0 bridgehead atoms. The lowest BCUT2D eigenvalue weighted by atomic mass is 9.92. The molecule has 0 aliphatic heterocycles. The van der Waals surface area contributed by atoms with Crippen LogP contribution in [0.3, 0.4) is 0 Å². The van der Waals surface area contributed by atoms with E-state index in [1.54, 1.807) is 0 Å². The molecule has 1 aromatic rings. The SMILES string of the molecule is CC(=O)Oc1cc(O)n([C@@H]2CCCC[C@@H]2O)c1O. The molecule has 100 valence electrons. The minimum absolute atomic E-state index is 0.0854. The first-order chi connectivity index (χ1) is 8.50. The summed E-state index contributed by atoms with van der Waals surface area (Å²) in [5.74, 6) is -1.20. The smallest absolute Gasteiger partial charge is 0.308 e. The van der Waals surface area contributed by atoms with Gasteiger partial charge >= 0.3 is 5.97 Å². The number of esters is 1. The molecule has 0 saturated heterocycles. The maximum atomic E-state index is 10.9. The number of carbonyl (C=O) groups excluding carboxylic acids is 1. The second-order valence-corrected chi connectivity index (χ2v) is 4.57. The maximum absolute atomic E-state index is 10.9. The van der Waals surface area contributed by atoms with Crippen LogP contribution >= 0.6 is 0 Å². The Labute approximate surface area is 104 Å². The van der Waals surface area contributed by atoms with Crippen LogP contribution in [0.15, 0.2) is 6.07 Å². The van der Waals surface area contributed by atoms with Crippen molar-refractivity contribution < 1.29 is 24.9 Å². The molecule has 0 spiro atoms. The second-order valence-electron chi connectivity index (χ2n) is 4.57. The number of aromatic hydroxyl groups is 2. The first kappa shape index (κ1) is 12.8. The van der Waals surface area contributed by atoms with Crippen molar-refractivity contribution in [2.75, 3.05) is 0 Å². The highest BCUT2D eigenvalue weighted by Crippen LogP contribution is 2.41. The Morgan fingerprint density at radius 1 is 1.39 bits per heavy atom. The van der Waals surface area contributed by atoms with Gasteiger partial charge in [-0.2, -0.15) is 0 Å². The van der Waals surface area contributed by atoms with E-state index in [1.807, 2.05) is 0 Å². The molecular weight excluding hydrogens is 238 g/mol. The predicted molar refractivity (Wildman–Crippen MR) is 62.6 cm³/mol. The fraction of sp³-hybridized carbons (Fsp3) is 0.583. The van der Waals surface area contributed by atoms with Gasteiger partial charge in [0.2, 0.25) is 5.88 Å². The van der Waals surface area contributed by atoms with Gasteiger partial charge in [-0.1, -0.05) is 12.8 Å². The van der Waals surface area contributed by atoms with E-state index in [-0.39, 0.29) is 23.6 Å². The van der Waals surface area contributed by atoms with E-state index < -0.39 is 12.1 Å². The van der Waals surface area contributed by atoms with E-state index in [9.17, 15) is 20.1 Å². The van der Waals surface area contributed by atoms with E-state index in [1.165, 1.54) is 17.6 Å². The molecule has 0 radical (unpaired) electrons. The van der Waals surface area contributed by atoms with Crippen molar-refractivity contribution in [3.05, 3.63) is 6.07 Å².